The largest absolute Gasteiger partial charge is 0.382 e. The molecule has 1 aromatic rings. The molecule has 1 aromatic heterocycles. The molecule has 1 aliphatic rings. The molecular formula is C14H21BrN2O3. The van der Waals surface area contributed by atoms with E-state index >= 15 is 0 Å². The average Bonchev–Trinajstić information content (AvgIpc) is 2.66. The van der Waals surface area contributed by atoms with Crippen LogP contribution >= 0.6 is 15.9 Å². The molecule has 0 N–H and O–H groups in total. The highest BCUT2D eigenvalue weighted by Gasteiger charge is 2.36. The topological polar surface area (TPSA) is 43.7 Å². The summed E-state index contributed by atoms with van der Waals surface area (Å²) >= 11 is 3.40. The van der Waals surface area contributed by atoms with Gasteiger partial charge in [0.2, 0.25) is 0 Å². The van der Waals surface area contributed by atoms with Crippen LogP contribution in [0.15, 0.2) is 16.7 Å². The molecule has 5 nitrogen and oxygen atoms in total. The quantitative estimate of drug-likeness (QED) is 0.842. The molecule has 2 rings (SSSR count). The second-order valence-electron chi connectivity index (χ2n) is 5.80. The number of aromatic nitrogens is 1. The fourth-order valence-corrected chi connectivity index (χ4v) is 3.15. The van der Waals surface area contributed by atoms with Gasteiger partial charge in [-0.1, -0.05) is 0 Å². The number of rotatable bonds is 3. The third-order valence-electron chi connectivity index (χ3n) is 3.31. The normalized spacial score (nSPS) is 22.1. The Labute approximate surface area is 128 Å². The summed E-state index contributed by atoms with van der Waals surface area (Å²) in [4.78, 5) is 14.5. The number of carbonyl (C=O) groups excluding carboxylic acids is 1. The van der Waals surface area contributed by atoms with Gasteiger partial charge in [-0.3, -0.25) is 4.79 Å². The Hall–Kier alpha value is -0.850. The molecule has 0 radical (unpaired) electrons. The number of methoxy groups -OCH3 is 1. The lowest BCUT2D eigenvalue weighted by Gasteiger charge is -2.42. The van der Waals surface area contributed by atoms with Gasteiger partial charge in [0.05, 0.1) is 18.3 Å². The molecule has 2 heterocycles. The van der Waals surface area contributed by atoms with E-state index in [0.717, 1.165) is 4.47 Å². The van der Waals surface area contributed by atoms with E-state index in [0.29, 0.717) is 25.4 Å². The highest BCUT2D eigenvalue weighted by Crippen LogP contribution is 2.24. The number of halogens is 1. The van der Waals surface area contributed by atoms with Crippen molar-refractivity contribution in [3.05, 3.63) is 22.4 Å². The minimum atomic E-state index is -0.362. The summed E-state index contributed by atoms with van der Waals surface area (Å²) < 4.78 is 13.8. The lowest BCUT2D eigenvalue weighted by Crippen LogP contribution is -2.55. The second kappa shape index (κ2) is 5.87. The van der Waals surface area contributed by atoms with Gasteiger partial charge >= 0.3 is 0 Å². The number of amides is 1. The Balaban J connectivity index is 2.18. The molecule has 1 fully saturated rings. The second-order valence-corrected chi connectivity index (χ2v) is 6.71. The van der Waals surface area contributed by atoms with Crippen molar-refractivity contribution in [2.45, 2.75) is 25.6 Å². The van der Waals surface area contributed by atoms with Crippen molar-refractivity contribution in [1.29, 1.82) is 0 Å². The third-order valence-corrected chi connectivity index (χ3v) is 3.75. The Bertz CT molecular complexity index is 499. The van der Waals surface area contributed by atoms with Crippen LogP contribution in [-0.2, 0) is 16.5 Å². The van der Waals surface area contributed by atoms with Crippen LogP contribution in [0.1, 0.15) is 24.3 Å². The summed E-state index contributed by atoms with van der Waals surface area (Å²) in [5.74, 6) is 0.0238. The van der Waals surface area contributed by atoms with Crippen LogP contribution in [0.25, 0.3) is 0 Å². The van der Waals surface area contributed by atoms with Crippen LogP contribution in [0.4, 0.5) is 0 Å². The van der Waals surface area contributed by atoms with Crippen LogP contribution in [0.3, 0.4) is 0 Å². The summed E-state index contributed by atoms with van der Waals surface area (Å²) in [6, 6.07) is 1.84. The Morgan fingerprint density at radius 2 is 2.30 bits per heavy atom. The van der Waals surface area contributed by atoms with Crippen molar-refractivity contribution in [2.24, 2.45) is 7.05 Å². The van der Waals surface area contributed by atoms with Gasteiger partial charge in [-0.2, -0.15) is 0 Å². The number of ether oxygens (including phenoxy) is 2. The predicted molar refractivity (Wildman–Crippen MR) is 79.8 cm³/mol. The Morgan fingerprint density at radius 3 is 2.85 bits per heavy atom. The Morgan fingerprint density at radius 1 is 1.60 bits per heavy atom. The molecule has 6 heteroatoms. The molecule has 1 aliphatic heterocycles. The number of morpholine rings is 1. The molecule has 0 unspecified atom stereocenters. The molecule has 0 saturated carbocycles. The van der Waals surface area contributed by atoms with Gasteiger partial charge < -0.3 is 18.9 Å². The number of hydrogen-bond acceptors (Lipinski definition) is 3. The molecule has 112 valence electrons. The first-order valence-electron chi connectivity index (χ1n) is 6.60. The lowest BCUT2D eigenvalue weighted by molar-refractivity contribution is -0.143. The molecule has 0 aliphatic carbocycles. The van der Waals surface area contributed by atoms with Crippen molar-refractivity contribution >= 4 is 21.8 Å². The maximum absolute atomic E-state index is 12.7. The molecule has 1 amide bonds. The fraction of sp³-hybridized carbons (Fsp3) is 0.643. The first kappa shape index (κ1) is 15.5. The van der Waals surface area contributed by atoms with E-state index in [1.165, 1.54) is 0 Å². The lowest BCUT2D eigenvalue weighted by atomic mass is 10.0. The number of aryl methyl sites for hydroxylation is 1. The van der Waals surface area contributed by atoms with E-state index in [1.54, 1.807) is 7.11 Å². The summed E-state index contributed by atoms with van der Waals surface area (Å²) in [5, 5.41) is 0. The van der Waals surface area contributed by atoms with E-state index in [2.05, 4.69) is 15.9 Å². The highest BCUT2D eigenvalue weighted by atomic mass is 79.9. The van der Waals surface area contributed by atoms with Gasteiger partial charge in [0.15, 0.2) is 0 Å². The van der Waals surface area contributed by atoms with Crippen LogP contribution in [0.5, 0.6) is 0 Å². The van der Waals surface area contributed by atoms with Crippen LogP contribution in [0.2, 0.25) is 0 Å². The van der Waals surface area contributed by atoms with E-state index in [1.807, 2.05) is 42.6 Å². The summed E-state index contributed by atoms with van der Waals surface area (Å²) in [5.41, 5.74) is 0.310. The summed E-state index contributed by atoms with van der Waals surface area (Å²) in [6.45, 7) is 5.61. The average molecular weight is 345 g/mol. The van der Waals surface area contributed by atoms with Gasteiger partial charge in [-0.05, 0) is 35.8 Å². The fourth-order valence-electron chi connectivity index (χ4n) is 2.62. The molecule has 0 spiro atoms. The number of carbonyl (C=O) groups is 1. The van der Waals surface area contributed by atoms with E-state index in [9.17, 15) is 4.79 Å². The van der Waals surface area contributed by atoms with Gasteiger partial charge in [0.1, 0.15) is 5.69 Å². The SMILES string of the molecule is COC[C@H]1CN(C(=O)c2cc(Br)cn2C)CC(C)(C)O1. The van der Waals surface area contributed by atoms with E-state index in [4.69, 9.17) is 9.47 Å². The first-order chi connectivity index (χ1) is 9.32. The minimum absolute atomic E-state index is 0.0238. The molecule has 0 aromatic carbocycles. The summed E-state index contributed by atoms with van der Waals surface area (Å²) in [6.07, 6.45) is 1.79. The van der Waals surface area contributed by atoms with Gasteiger partial charge in [-0.15, -0.1) is 0 Å². The van der Waals surface area contributed by atoms with Crippen molar-refractivity contribution in [3.8, 4) is 0 Å². The van der Waals surface area contributed by atoms with Crippen molar-refractivity contribution in [1.82, 2.24) is 9.47 Å². The van der Waals surface area contributed by atoms with Crippen LogP contribution in [0, 0.1) is 0 Å². The zero-order valence-electron chi connectivity index (χ0n) is 12.4. The van der Waals surface area contributed by atoms with E-state index < -0.39 is 0 Å². The minimum Gasteiger partial charge on any atom is -0.382 e. The smallest absolute Gasteiger partial charge is 0.270 e. The summed E-state index contributed by atoms with van der Waals surface area (Å²) in [7, 11) is 3.52. The molecule has 1 atom stereocenters. The van der Waals surface area contributed by atoms with Crippen molar-refractivity contribution in [2.75, 3.05) is 26.8 Å². The molecule has 1 saturated heterocycles. The van der Waals surface area contributed by atoms with Gasteiger partial charge in [0, 0.05) is 37.9 Å². The molecule has 20 heavy (non-hydrogen) atoms. The zero-order valence-corrected chi connectivity index (χ0v) is 13.9. The Kier molecular flexibility index (Phi) is 4.56. The standard InChI is InChI=1S/C14H21BrN2O3/c1-14(2)9-17(7-11(20-14)8-19-4)13(18)12-5-10(15)6-16(12)3/h5-6,11H,7-9H2,1-4H3/t11-/m1/s1. The third kappa shape index (κ3) is 3.42. The molecular weight excluding hydrogens is 324 g/mol. The highest BCUT2D eigenvalue weighted by molar-refractivity contribution is 9.10. The number of hydrogen-bond donors (Lipinski definition) is 0. The first-order valence-corrected chi connectivity index (χ1v) is 7.39. The van der Waals surface area contributed by atoms with Crippen molar-refractivity contribution < 1.29 is 14.3 Å². The van der Waals surface area contributed by atoms with Gasteiger partial charge in [-0.25, -0.2) is 0 Å². The molecule has 0 bridgehead atoms. The maximum Gasteiger partial charge on any atom is 0.270 e. The monoisotopic (exact) mass is 344 g/mol. The maximum atomic E-state index is 12.7. The zero-order chi connectivity index (χ0) is 14.9. The number of nitrogens with zero attached hydrogens (tertiary/aromatic N) is 2. The van der Waals surface area contributed by atoms with Crippen LogP contribution in [-0.4, -0.2) is 53.9 Å². The van der Waals surface area contributed by atoms with Gasteiger partial charge in [0.25, 0.3) is 5.91 Å². The van der Waals surface area contributed by atoms with Crippen molar-refractivity contribution in [3.63, 3.8) is 0 Å². The van der Waals surface area contributed by atoms with E-state index in [-0.39, 0.29) is 17.6 Å². The predicted octanol–water partition coefficient (Wildman–Crippen LogP) is 2.05. The van der Waals surface area contributed by atoms with Crippen LogP contribution < -0.4 is 0 Å².